The molecule has 0 unspecified atom stereocenters. The molecule has 712 valence electrons. The third kappa shape index (κ3) is 26.6. The Morgan fingerprint density at radius 2 is 1.45 bits per heavy atom. The summed E-state index contributed by atoms with van der Waals surface area (Å²) in [4.78, 5) is 144. The number of esters is 1. The highest BCUT2D eigenvalue weighted by atomic mass is 16.6. The number of piperazine rings is 1. The Balaban J connectivity index is 0.521. The van der Waals surface area contributed by atoms with E-state index in [1.165, 1.54) is 38.5 Å². The molecule has 12 rings (SSSR count). The van der Waals surface area contributed by atoms with Crippen molar-refractivity contribution in [2.75, 3.05) is 144 Å². The molecule has 15 atom stereocenters. The van der Waals surface area contributed by atoms with Gasteiger partial charge in [0.1, 0.15) is 59.7 Å². The van der Waals surface area contributed by atoms with Gasteiger partial charge in [-0.05, 0) is 136 Å². The number of nitrogens with two attached hydrogens (primary N) is 2. The number of aliphatic hydroxyl groups excluding tert-OH is 1. The Bertz CT molecular complexity index is 4980. The number of nitrogens with zero attached hydrogens (tertiary/aromatic N) is 11. The van der Waals surface area contributed by atoms with Gasteiger partial charge in [0.25, 0.3) is 17.6 Å². The number of carbonyl (C=O) groups excluding carboxylic acids is 8. The maximum absolute atomic E-state index is 14.8. The highest BCUT2D eigenvalue weighted by Crippen LogP contribution is 2.39. The third-order valence-electron chi connectivity index (χ3n) is 25.9. The fraction of sp³-hybridized carbons (Fsp3) is 0.600. The van der Waals surface area contributed by atoms with E-state index in [-0.39, 0.29) is 86.8 Å². The Labute approximate surface area is 764 Å². The molecule has 131 heavy (non-hydrogen) atoms. The molecule has 8 N–H and O–H groups in total. The van der Waals surface area contributed by atoms with Crippen LogP contribution in [0.1, 0.15) is 152 Å². The lowest BCUT2D eigenvalue weighted by molar-refractivity contribution is -0.265. The standard InChI is InChI=1S/C95H131N15O21/c1-59-15-11-10-12-16-60(2)77(121-7)51-72-22-18-64(6)95(120,131-72)86(115)91(117)109-29-14-13-17-74(109)92(118)129-78(52-75(111)61(3)46-63(5)84(114)85(123-9)83(113)62(4)45-59)73(96)48-65-20-23-76(79(49-65)122-8)130-94(119)107-33-31-106(32-34-107)93-101-54-71(55-102-93)90(116)99-28-36-125-38-40-127-42-44-128-43-41-126-39-37-124-35-26-80(112)108-30-25-67-47-66(19-21-69(67)57-108)56-110-89-81(87(97)103-58-104-89)82(105-110)70-50-68-24-27-98-88(68)100-53-70/h10-12,15-16,19,21,24,27,46-47,50,53-55,58-59,61-62,64-65,72-74,76-79,84-85,114,120H,13-14,17-18,20,22-23,25-26,28-45,48-49,51-52,56-57,96H2,1-9H3,(H,98,100)(H,99,116)(H2,97,103,104)/b12-10?,15-11+,60-16?,63-46+/t59-,61-,62-,64-,65+,72+,73-,74+,76-,77+,78+,79-,84-,85+,95-/m1/s1. The van der Waals surface area contributed by atoms with E-state index in [1.807, 2.05) is 77.0 Å². The van der Waals surface area contributed by atoms with Gasteiger partial charge in [0.15, 0.2) is 11.4 Å². The number of hydrogen-bond acceptors (Lipinski definition) is 30. The number of anilines is 2. The first-order valence-electron chi connectivity index (χ1n) is 45.9. The Hall–Kier alpha value is -10.2. The van der Waals surface area contributed by atoms with Crippen molar-refractivity contribution in [3.63, 3.8) is 0 Å². The summed E-state index contributed by atoms with van der Waals surface area (Å²) >= 11 is 0. The number of nitrogen functional groups attached to an aromatic ring is 1. The van der Waals surface area contributed by atoms with E-state index in [2.05, 4.69) is 53.4 Å². The number of ketones is 3. The topological polar surface area (TPSA) is 454 Å². The highest BCUT2D eigenvalue weighted by Gasteiger charge is 2.53. The quantitative estimate of drug-likeness (QED) is 0.0109. The number of benzene rings is 1. The highest BCUT2D eigenvalue weighted by molar-refractivity contribution is 6.39. The molecule has 1 aliphatic carbocycles. The molecule has 6 aliphatic rings. The number of aliphatic hydroxyl groups is 2. The molecule has 1 saturated carbocycles. The van der Waals surface area contributed by atoms with Crippen LogP contribution in [0.4, 0.5) is 16.6 Å². The lowest BCUT2D eigenvalue weighted by Crippen LogP contribution is -2.61. The normalized spacial score (nSPS) is 26.6. The van der Waals surface area contributed by atoms with Crippen molar-refractivity contribution in [3.8, 4) is 11.3 Å². The molecular formula is C95H131N15O21. The maximum Gasteiger partial charge on any atom is 0.410 e. The van der Waals surface area contributed by atoms with Crippen molar-refractivity contribution < 1.29 is 101 Å². The SMILES string of the molecule is CO[C@H]1C[C@@H]2CC[C@@H](C)[C@@](O)(O2)C(=O)C(=O)N2CCCC[C@H]2C(=O)O[C@H]([C@H](N)C[C@@H]2CC[C@@H](OC(=O)N3CCN(c4ncc(C(=O)NCCOCCOCCOCCOCCOCCC(=O)N5CCc6cc(Cn7nc(-c8cnc9[nH]ccc9c8)c8c(N)ncnc87)ccc6C5)cn4)CC3)[C@H](OC)C2)CC(=O)[C@H](C)/C=C(\C)[C@@H](O)[C@@H](OC)C(=O)[C@H](C)C[C@H](C)/C=C/C=CC=C1C. The van der Waals surface area contributed by atoms with E-state index in [9.17, 15) is 48.6 Å². The van der Waals surface area contributed by atoms with Gasteiger partial charge in [0, 0.05) is 146 Å². The largest absolute Gasteiger partial charge is 0.459 e. The minimum Gasteiger partial charge on any atom is -0.459 e. The maximum atomic E-state index is 14.8. The van der Waals surface area contributed by atoms with Gasteiger partial charge in [-0.25, -0.2) is 39.2 Å². The number of fused-ring (bicyclic) bond motifs is 6. The number of pyridine rings is 1. The fourth-order valence-electron chi connectivity index (χ4n) is 18.1. The van der Waals surface area contributed by atoms with Crippen molar-refractivity contribution in [1.82, 2.24) is 59.7 Å². The zero-order valence-corrected chi connectivity index (χ0v) is 76.9. The molecule has 0 spiro atoms. The lowest BCUT2D eigenvalue weighted by atomic mass is 9.80. The number of methoxy groups -OCH3 is 3. The Kier molecular flexibility index (Phi) is 36.9. The Morgan fingerprint density at radius 3 is 2.17 bits per heavy atom. The molecule has 1 aromatic carbocycles. The van der Waals surface area contributed by atoms with Gasteiger partial charge in [0.05, 0.1) is 108 Å². The first-order chi connectivity index (χ1) is 63.2. The van der Waals surface area contributed by atoms with Gasteiger partial charge in [-0.1, -0.05) is 82.4 Å². The zero-order chi connectivity index (χ0) is 93.3. The molecule has 36 heteroatoms. The van der Waals surface area contributed by atoms with Crippen LogP contribution in [0.5, 0.6) is 0 Å². The number of cyclic esters (lactones) is 1. The molecule has 10 heterocycles. The molecule has 3 saturated heterocycles. The second kappa shape index (κ2) is 48.4. The van der Waals surface area contributed by atoms with Crippen LogP contribution in [0.25, 0.3) is 33.3 Å². The van der Waals surface area contributed by atoms with Crippen molar-refractivity contribution in [2.45, 2.75) is 205 Å². The number of amides is 4. The predicted molar refractivity (Wildman–Crippen MR) is 485 cm³/mol. The van der Waals surface area contributed by atoms with Crippen LogP contribution in [0.3, 0.4) is 0 Å². The van der Waals surface area contributed by atoms with Gasteiger partial charge in [-0.2, -0.15) is 5.10 Å². The van der Waals surface area contributed by atoms with Crippen LogP contribution in [-0.4, -0.2) is 306 Å². The van der Waals surface area contributed by atoms with Crippen LogP contribution in [0.2, 0.25) is 0 Å². The fourth-order valence-corrected chi connectivity index (χ4v) is 18.1. The summed E-state index contributed by atoms with van der Waals surface area (Å²) in [7, 11) is 4.45. The van der Waals surface area contributed by atoms with Gasteiger partial charge in [-0.15, -0.1) is 0 Å². The van der Waals surface area contributed by atoms with Crippen molar-refractivity contribution in [1.29, 1.82) is 0 Å². The second-order valence-corrected chi connectivity index (χ2v) is 35.2. The summed E-state index contributed by atoms with van der Waals surface area (Å²) in [6, 6.07) is 8.08. The number of Topliss-reactive ketones (excluding diaryl/α,β-unsaturated/α-hetero) is 3. The lowest BCUT2D eigenvalue weighted by Gasteiger charge is -2.42. The number of aromatic nitrogens is 8. The first kappa shape index (κ1) is 99.8. The third-order valence-corrected chi connectivity index (χ3v) is 25.9. The molecule has 36 nitrogen and oxygen atoms in total. The van der Waals surface area contributed by atoms with Gasteiger partial charge in [-0.3, -0.25) is 28.8 Å². The number of rotatable bonds is 30. The van der Waals surface area contributed by atoms with E-state index in [4.69, 9.17) is 68.7 Å². The molecule has 4 amide bonds. The zero-order valence-electron chi connectivity index (χ0n) is 76.9. The second-order valence-electron chi connectivity index (χ2n) is 35.2. The van der Waals surface area contributed by atoms with Crippen LogP contribution in [0, 0.1) is 29.6 Å². The molecule has 5 aliphatic heterocycles. The number of allylic oxidation sites excluding steroid dienone is 6. The van der Waals surface area contributed by atoms with E-state index in [0.29, 0.717) is 191 Å². The molecule has 2 bridgehead atoms. The molecule has 6 aromatic rings. The molecular weight excluding hydrogens is 1690 g/mol. The minimum absolute atomic E-state index is 0.00165. The van der Waals surface area contributed by atoms with Gasteiger partial charge < -0.3 is 104 Å². The number of piperidine rings is 1. The minimum atomic E-state index is -2.51. The smallest absolute Gasteiger partial charge is 0.410 e. The van der Waals surface area contributed by atoms with Crippen molar-refractivity contribution in [2.24, 2.45) is 35.3 Å². The summed E-state index contributed by atoms with van der Waals surface area (Å²) in [6.45, 7) is 17.2. The van der Waals surface area contributed by atoms with Gasteiger partial charge >= 0.3 is 12.1 Å². The van der Waals surface area contributed by atoms with E-state index in [1.54, 1.807) is 52.0 Å². The van der Waals surface area contributed by atoms with E-state index >= 15 is 0 Å². The van der Waals surface area contributed by atoms with E-state index in [0.717, 1.165) is 44.6 Å². The Morgan fingerprint density at radius 1 is 0.725 bits per heavy atom. The number of nitrogens with one attached hydrogen (secondary N) is 2. The summed E-state index contributed by atoms with van der Waals surface area (Å²) in [5.74, 6) is -8.35. The number of aromatic amines is 1. The van der Waals surface area contributed by atoms with Crippen molar-refractivity contribution in [3.05, 3.63) is 131 Å². The summed E-state index contributed by atoms with van der Waals surface area (Å²) in [6.07, 6.45) is 17.1. The van der Waals surface area contributed by atoms with E-state index < -0.39 is 108 Å². The van der Waals surface area contributed by atoms with Crippen LogP contribution in [-0.2, 0) is 100 Å². The van der Waals surface area contributed by atoms with Crippen molar-refractivity contribution >= 4 is 81.0 Å². The van der Waals surface area contributed by atoms with Crippen LogP contribution >= 0.6 is 0 Å². The number of carbonyl (C=O) groups is 8. The number of ether oxygens (including phenoxy) is 11. The van der Waals surface area contributed by atoms with Crippen LogP contribution < -0.4 is 21.7 Å². The van der Waals surface area contributed by atoms with Gasteiger partial charge in [0.2, 0.25) is 17.6 Å². The molecule has 5 aromatic heterocycles. The molecule has 0 radical (unpaired) electrons. The average Bonchev–Trinajstić information content (AvgIpc) is 1.69. The monoisotopic (exact) mass is 1820 g/mol. The number of hydrogen-bond donors (Lipinski definition) is 6. The number of H-pyrrole nitrogens is 1. The molecule has 4 fully saturated rings. The predicted octanol–water partition coefficient (Wildman–Crippen LogP) is 7.73. The summed E-state index contributed by atoms with van der Waals surface area (Å²) < 4.78 is 66.3. The van der Waals surface area contributed by atoms with Crippen LogP contribution in [0.15, 0.2) is 109 Å². The average molecular weight is 1820 g/mol. The summed E-state index contributed by atoms with van der Waals surface area (Å²) in [5, 5.41) is 33.2. The summed E-state index contributed by atoms with van der Waals surface area (Å²) in [5.41, 5.74) is 21.2. The first-order valence-corrected chi connectivity index (χ1v) is 45.9.